The van der Waals surface area contributed by atoms with Crippen molar-refractivity contribution in [3.63, 3.8) is 0 Å². The molecule has 136 valence electrons. The summed E-state index contributed by atoms with van der Waals surface area (Å²) >= 11 is 1.67. The van der Waals surface area contributed by atoms with Crippen LogP contribution in [0.1, 0.15) is 40.2 Å². The van der Waals surface area contributed by atoms with Crippen LogP contribution in [0, 0.1) is 5.92 Å². The Kier molecular flexibility index (Phi) is 8.04. The minimum absolute atomic E-state index is 0.0560. The van der Waals surface area contributed by atoms with E-state index in [1.165, 1.54) is 5.56 Å². The Morgan fingerprint density at radius 3 is 2.54 bits per heavy atom. The predicted octanol–water partition coefficient (Wildman–Crippen LogP) is 2.96. The van der Waals surface area contributed by atoms with Gasteiger partial charge >= 0.3 is 6.09 Å². The fourth-order valence-electron chi connectivity index (χ4n) is 1.92. The van der Waals surface area contributed by atoms with E-state index in [4.69, 9.17) is 4.74 Å². The van der Waals surface area contributed by atoms with E-state index >= 15 is 0 Å². The number of carbonyl (C=O) groups excluding carboxylic acids is 1. The standard InChI is InChI=1S/C17H30N4O2S/c1-12(2)14(21-16(22)23-17(3,4)5)10-20-15(18-6)19-9-13-7-8-24-11-13/h7-8,11-12,14H,9-10H2,1-6H3,(H,21,22)(H2,18,19,20). The van der Waals surface area contributed by atoms with E-state index < -0.39 is 11.7 Å². The Morgan fingerprint density at radius 1 is 1.33 bits per heavy atom. The van der Waals surface area contributed by atoms with Gasteiger partial charge in [-0.1, -0.05) is 13.8 Å². The number of nitrogens with one attached hydrogen (secondary N) is 3. The molecule has 0 bridgehead atoms. The Hall–Kier alpha value is -1.76. The number of nitrogens with zero attached hydrogens (tertiary/aromatic N) is 1. The van der Waals surface area contributed by atoms with E-state index in [9.17, 15) is 4.79 Å². The minimum atomic E-state index is -0.503. The van der Waals surface area contributed by atoms with Gasteiger partial charge < -0.3 is 20.7 Å². The molecule has 1 rings (SSSR count). The summed E-state index contributed by atoms with van der Waals surface area (Å²) in [7, 11) is 1.73. The SMILES string of the molecule is CN=C(NCc1ccsc1)NCC(NC(=O)OC(C)(C)C)C(C)C. The molecule has 1 aromatic heterocycles. The molecule has 6 nitrogen and oxygen atoms in total. The molecule has 0 spiro atoms. The summed E-state index contributed by atoms with van der Waals surface area (Å²) in [6.45, 7) is 11.0. The van der Waals surface area contributed by atoms with Crippen molar-refractivity contribution < 1.29 is 9.53 Å². The molecule has 1 heterocycles. The molecule has 0 aliphatic rings. The number of hydrogen-bond acceptors (Lipinski definition) is 4. The minimum Gasteiger partial charge on any atom is -0.444 e. The van der Waals surface area contributed by atoms with E-state index in [-0.39, 0.29) is 12.0 Å². The molecule has 1 aromatic rings. The highest BCUT2D eigenvalue weighted by molar-refractivity contribution is 7.07. The van der Waals surface area contributed by atoms with E-state index in [0.29, 0.717) is 12.5 Å². The highest BCUT2D eigenvalue weighted by Gasteiger charge is 2.21. The normalized spacial score (nSPS) is 13.5. The van der Waals surface area contributed by atoms with Crippen molar-refractivity contribution in [2.45, 2.75) is 52.8 Å². The van der Waals surface area contributed by atoms with Gasteiger partial charge in [-0.05, 0) is 49.1 Å². The molecular formula is C17H30N4O2S. The average Bonchev–Trinajstić information content (AvgIpc) is 2.97. The molecule has 0 aliphatic heterocycles. The molecule has 0 saturated carbocycles. The van der Waals surface area contributed by atoms with Gasteiger partial charge in [0, 0.05) is 20.1 Å². The second kappa shape index (κ2) is 9.52. The van der Waals surface area contributed by atoms with Crippen LogP contribution >= 0.6 is 11.3 Å². The molecule has 1 unspecified atom stereocenters. The maximum Gasteiger partial charge on any atom is 0.407 e. The predicted molar refractivity (Wildman–Crippen MR) is 101 cm³/mol. The fraction of sp³-hybridized carbons (Fsp3) is 0.647. The summed E-state index contributed by atoms with van der Waals surface area (Å²) in [6.07, 6.45) is -0.399. The van der Waals surface area contributed by atoms with Gasteiger partial charge in [-0.25, -0.2) is 4.79 Å². The number of carbonyl (C=O) groups is 1. The van der Waals surface area contributed by atoms with Crippen molar-refractivity contribution in [1.29, 1.82) is 0 Å². The molecule has 24 heavy (non-hydrogen) atoms. The lowest BCUT2D eigenvalue weighted by molar-refractivity contribution is 0.0491. The second-order valence-electron chi connectivity index (χ2n) is 6.94. The molecule has 7 heteroatoms. The summed E-state index contributed by atoms with van der Waals surface area (Å²) in [5.74, 6) is 0.970. The fourth-order valence-corrected chi connectivity index (χ4v) is 2.59. The topological polar surface area (TPSA) is 74.8 Å². The zero-order valence-corrected chi connectivity index (χ0v) is 16.3. The van der Waals surface area contributed by atoms with Crippen molar-refractivity contribution in [3.05, 3.63) is 22.4 Å². The molecule has 0 radical (unpaired) electrons. The van der Waals surface area contributed by atoms with Crippen molar-refractivity contribution in [1.82, 2.24) is 16.0 Å². The Labute approximate surface area is 149 Å². The summed E-state index contributed by atoms with van der Waals surface area (Å²) in [4.78, 5) is 16.2. The molecule has 1 amide bonds. The number of alkyl carbamates (subject to hydrolysis) is 1. The van der Waals surface area contributed by atoms with Gasteiger partial charge in [-0.2, -0.15) is 11.3 Å². The van der Waals surface area contributed by atoms with Gasteiger partial charge in [0.05, 0.1) is 6.04 Å². The highest BCUT2D eigenvalue weighted by atomic mass is 32.1. The van der Waals surface area contributed by atoms with Gasteiger partial charge in [-0.15, -0.1) is 0 Å². The molecule has 0 fully saturated rings. The number of amides is 1. The van der Waals surface area contributed by atoms with Crippen molar-refractivity contribution >= 4 is 23.4 Å². The largest absolute Gasteiger partial charge is 0.444 e. The van der Waals surface area contributed by atoms with Crippen LogP contribution in [-0.4, -0.2) is 37.3 Å². The molecule has 1 atom stereocenters. The molecular weight excluding hydrogens is 324 g/mol. The smallest absolute Gasteiger partial charge is 0.407 e. The van der Waals surface area contributed by atoms with Crippen LogP contribution in [0.4, 0.5) is 4.79 Å². The third-order valence-corrected chi connectivity index (χ3v) is 3.99. The van der Waals surface area contributed by atoms with Crippen LogP contribution in [0.2, 0.25) is 0 Å². The van der Waals surface area contributed by atoms with Gasteiger partial charge in [0.15, 0.2) is 5.96 Å². The Bertz CT molecular complexity index is 521. The number of thiophene rings is 1. The number of hydrogen-bond donors (Lipinski definition) is 3. The summed E-state index contributed by atoms with van der Waals surface area (Å²) < 4.78 is 5.33. The maximum absolute atomic E-state index is 12.0. The summed E-state index contributed by atoms with van der Waals surface area (Å²) in [5, 5.41) is 13.6. The van der Waals surface area contributed by atoms with Gasteiger partial charge in [-0.3, -0.25) is 4.99 Å². The zero-order chi connectivity index (χ0) is 18.2. The number of rotatable bonds is 6. The van der Waals surface area contributed by atoms with E-state index in [2.05, 4.69) is 46.2 Å². The lowest BCUT2D eigenvalue weighted by Crippen LogP contribution is -2.50. The highest BCUT2D eigenvalue weighted by Crippen LogP contribution is 2.08. The van der Waals surface area contributed by atoms with E-state index in [0.717, 1.165) is 6.54 Å². The quantitative estimate of drug-likeness (QED) is 0.542. The van der Waals surface area contributed by atoms with Crippen molar-refractivity contribution in [2.24, 2.45) is 10.9 Å². The molecule has 0 saturated heterocycles. The van der Waals surface area contributed by atoms with Crippen LogP contribution < -0.4 is 16.0 Å². The summed E-state index contributed by atoms with van der Waals surface area (Å²) in [6, 6.07) is 2.02. The van der Waals surface area contributed by atoms with Crippen molar-refractivity contribution in [3.8, 4) is 0 Å². The average molecular weight is 355 g/mol. The molecule has 3 N–H and O–H groups in total. The van der Waals surface area contributed by atoms with Gasteiger partial charge in [0.25, 0.3) is 0 Å². The Morgan fingerprint density at radius 2 is 2.04 bits per heavy atom. The van der Waals surface area contributed by atoms with E-state index in [1.54, 1.807) is 18.4 Å². The Balaban J connectivity index is 2.47. The first-order valence-electron chi connectivity index (χ1n) is 8.16. The lowest BCUT2D eigenvalue weighted by atomic mass is 10.0. The van der Waals surface area contributed by atoms with Crippen molar-refractivity contribution in [2.75, 3.05) is 13.6 Å². The second-order valence-corrected chi connectivity index (χ2v) is 7.72. The first-order chi connectivity index (χ1) is 11.2. The third kappa shape index (κ3) is 8.19. The van der Waals surface area contributed by atoms with Crippen LogP contribution in [0.25, 0.3) is 0 Å². The first-order valence-corrected chi connectivity index (χ1v) is 9.10. The van der Waals surface area contributed by atoms with Gasteiger partial charge in [0.2, 0.25) is 0 Å². The van der Waals surface area contributed by atoms with Crippen LogP contribution in [0.3, 0.4) is 0 Å². The number of guanidine groups is 1. The number of aliphatic imine (C=N–C) groups is 1. The van der Waals surface area contributed by atoms with Gasteiger partial charge in [0.1, 0.15) is 5.60 Å². The molecule has 0 aromatic carbocycles. The zero-order valence-electron chi connectivity index (χ0n) is 15.5. The van der Waals surface area contributed by atoms with Crippen LogP contribution in [0.15, 0.2) is 21.8 Å². The first kappa shape index (κ1) is 20.3. The van der Waals surface area contributed by atoms with Crippen LogP contribution in [0.5, 0.6) is 0 Å². The van der Waals surface area contributed by atoms with Crippen LogP contribution in [-0.2, 0) is 11.3 Å². The third-order valence-electron chi connectivity index (χ3n) is 3.26. The number of ether oxygens (including phenoxy) is 1. The lowest BCUT2D eigenvalue weighted by Gasteiger charge is -2.26. The van der Waals surface area contributed by atoms with E-state index in [1.807, 2.05) is 26.2 Å². The monoisotopic (exact) mass is 354 g/mol. The maximum atomic E-state index is 12.0. The summed E-state index contributed by atoms with van der Waals surface area (Å²) in [5.41, 5.74) is 0.715. The molecule has 0 aliphatic carbocycles.